The van der Waals surface area contributed by atoms with E-state index in [1.54, 1.807) is 19.1 Å². The molecular weight excluding hydrogens is 294 g/mol. The highest BCUT2D eigenvalue weighted by Gasteiger charge is 2.29. The summed E-state index contributed by atoms with van der Waals surface area (Å²) in [7, 11) is 1.32. The van der Waals surface area contributed by atoms with E-state index in [2.05, 4.69) is 10.1 Å². The largest absolute Gasteiger partial charge is 0.453 e. The Morgan fingerprint density at radius 3 is 2.48 bits per heavy atom. The Kier molecular flexibility index (Phi) is 5.98. The van der Waals surface area contributed by atoms with E-state index in [9.17, 15) is 9.59 Å². The van der Waals surface area contributed by atoms with Gasteiger partial charge in [-0.1, -0.05) is 25.0 Å². The summed E-state index contributed by atoms with van der Waals surface area (Å²) in [5.74, 6) is 0.0455. The second kappa shape index (κ2) is 7.97. The van der Waals surface area contributed by atoms with Gasteiger partial charge in [0, 0.05) is 31.2 Å². The third kappa shape index (κ3) is 4.69. The van der Waals surface area contributed by atoms with Crippen molar-refractivity contribution in [2.45, 2.75) is 51.2 Å². The van der Waals surface area contributed by atoms with Gasteiger partial charge in [0.25, 0.3) is 0 Å². The normalized spacial score (nSPS) is 20.7. The van der Waals surface area contributed by atoms with Gasteiger partial charge >= 0.3 is 6.09 Å². The van der Waals surface area contributed by atoms with Crippen LogP contribution in [0.2, 0.25) is 0 Å². The Morgan fingerprint density at radius 2 is 1.91 bits per heavy atom. The Bertz CT molecular complexity index is 545. The number of nitrogens with zero attached hydrogens (tertiary/aromatic N) is 1. The highest BCUT2D eigenvalue weighted by Crippen LogP contribution is 2.24. The van der Waals surface area contributed by atoms with Crippen molar-refractivity contribution in [3.63, 3.8) is 0 Å². The molecule has 6 nitrogen and oxygen atoms in total. The van der Waals surface area contributed by atoms with E-state index in [0.717, 1.165) is 31.2 Å². The van der Waals surface area contributed by atoms with Crippen LogP contribution < -0.4 is 11.1 Å². The van der Waals surface area contributed by atoms with Crippen LogP contribution in [0.4, 0.5) is 10.5 Å². The molecule has 2 atom stereocenters. The van der Waals surface area contributed by atoms with E-state index in [0.29, 0.717) is 12.2 Å². The minimum absolute atomic E-state index is 0.0455. The first-order valence-corrected chi connectivity index (χ1v) is 7.98. The molecule has 2 unspecified atom stereocenters. The standard InChI is InChI=1S/C17H25N3O3/c1-12(21)20(16-6-4-3-5-15(16)18)11-13-7-9-14(10-8-13)19-17(22)23-2/h7-10,15-16H,3-6,11,18H2,1-2H3,(H,19,22). The van der Waals surface area contributed by atoms with E-state index in [1.165, 1.54) is 7.11 Å². The fourth-order valence-electron chi connectivity index (χ4n) is 3.05. The lowest BCUT2D eigenvalue weighted by Crippen LogP contribution is -2.50. The number of nitrogens with two attached hydrogens (primary N) is 1. The topological polar surface area (TPSA) is 84.7 Å². The van der Waals surface area contributed by atoms with E-state index >= 15 is 0 Å². The van der Waals surface area contributed by atoms with Crippen molar-refractivity contribution in [3.05, 3.63) is 29.8 Å². The number of nitrogens with one attached hydrogen (secondary N) is 1. The van der Waals surface area contributed by atoms with Gasteiger partial charge < -0.3 is 15.4 Å². The van der Waals surface area contributed by atoms with Crippen molar-refractivity contribution in [1.29, 1.82) is 0 Å². The fraction of sp³-hybridized carbons (Fsp3) is 0.529. The number of anilines is 1. The zero-order valence-electron chi connectivity index (χ0n) is 13.7. The van der Waals surface area contributed by atoms with Gasteiger partial charge in [0.15, 0.2) is 0 Å². The SMILES string of the molecule is COC(=O)Nc1ccc(CN(C(C)=O)C2CCCCC2N)cc1. The van der Waals surface area contributed by atoms with Gasteiger partial charge in [0.2, 0.25) is 5.91 Å². The maximum absolute atomic E-state index is 12.0. The van der Waals surface area contributed by atoms with Gasteiger partial charge in [0.05, 0.1) is 7.11 Å². The minimum Gasteiger partial charge on any atom is -0.453 e. The van der Waals surface area contributed by atoms with E-state index in [4.69, 9.17) is 5.73 Å². The maximum atomic E-state index is 12.0. The summed E-state index contributed by atoms with van der Waals surface area (Å²) in [4.78, 5) is 25.1. The predicted octanol–water partition coefficient (Wildman–Crippen LogP) is 2.48. The predicted molar refractivity (Wildman–Crippen MR) is 88.9 cm³/mol. The molecule has 126 valence electrons. The Labute approximate surface area is 137 Å². The van der Waals surface area contributed by atoms with Crippen molar-refractivity contribution in [1.82, 2.24) is 4.90 Å². The molecule has 2 rings (SSSR count). The van der Waals surface area contributed by atoms with Crippen LogP contribution in [0.5, 0.6) is 0 Å². The maximum Gasteiger partial charge on any atom is 0.411 e. The monoisotopic (exact) mass is 319 g/mol. The van der Waals surface area contributed by atoms with Crippen molar-refractivity contribution in [3.8, 4) is 0 Å². The smallest absolute Gasteiger partial charge is 0.411 e. The first kappa shape index (κ1) is 17.3. The summed E-state index contributed by atoms with van der Waals surface area (Å²) in [6, 6.07) is 7.55. The van der Waals surface area contributed by atoms with Gasteiger partial charge in [-0.15, -0.1) is 0 Å². The molecule has 1 aliphatic rings. The molecule has 3 N–H and O–H groups in total. The van der Waals surface area contributed by atoms with Gasteiger partial charge in [-0.25, -0.2) is 4.79 Å². The molecule has 1 saturated carbocycles. The van der Waals surface area contributed by atoms with Crippen LogP contribution in [0.1, 0.15) is 38.2 Å². The van der Waals surface area contributed by atoms with E-state index in [-0.39, 0.29) is 18.0 Å². The molecule has 0 saturated heterocycles. The van der Waals surface area contributed by atoms with Gasteiger partial charge in [-0.05, 0) is 30.5 Å². The molecule has 0 aromatic heterocycles. The lowest BCUT2D eigenvalue weighted by Gasteiger charge is -2.38. The first-order chi connectivity index (χ1) is 11.0. The average Bonchev–Trinajstić information content (AvgIpc) is 2.54. The van der Waals surface area contributed by atoms with Gasteiger partial charge in [-0.3, -0.25) is 10.1 Å². The van der Waals surface area contributed by atoms with Crippen LogP contribution in [0.3, 0.4) is 0 Å². The number of ether oxygens (including phenoxy) is 1. The van der Waals surface area contributed by atoms with Gasteiger partial charge in [-0.2, -0.15) is 0 Å². The zero-order valence-corrected chi connectivity index (χ0v) is 13.7. The molecular formula is C17H25N3O3. The van der Waals surface area contributed by atoms with E-state index in [1.807, 2.05) is 17.0 Å². The second-order valence-electron chi connectivity index (χ2n) is 5.98. The van der Waals surface area contributed by atoms with Crippen LogP contribution in [-0.4, -0.2) is 36.1 Å². The third-order valence-corrected chi connectivity index (χ3v) is 4.33. The van der Waals surface area contributed by atoms with Crippen LogP contribution in [0.15, 0.2) is 24.3 Å². The van der Waals surface area contributed by atoms with Crippen molar-refractivity contribution >= 4 is 17.7 Å². The Hall–Kier alpha value is -2.08. The molecule has 1 aromatic carbocycles. The second-order valence-corrected chi connectivity index (χ2v) is 5.98. The number of rotatable bonds is 4. The molecule has 0 aliphatic heterocycles. The average molecular weight is 319 g/mol. The molecule has 0 radical (unpaired) electrons. The lowest BCUT2D eigenvalue weighted by atomic mass is 9.89. The summed E-state index contributed by atoms with van der Waals surface area (Å²) in [5, 5.41) is 2.60. The summed E-state index contributed by atoms with van der Waals surface area (Å²) in [6.45, 7) is 2.13. The van der Waals surface area contributed by atoms with E-state index < -0.39 is 6.09 Å². The zero-order chi connectivity index (χ0) is 16.8. The fourth-order valence-corrected chi connectivity index (χ4v) is 3.05. The number of methoxy groups -OCH3 is 1. The van der Waals surface area contributed by atoms with Crippen molar-refractivity contribution < 1.29 is 14.3 Å². The van der Waals surface area contributed by atoms with Crippen LogP contribution >= 0.6 is 0 Å². The van der Waals surface area contributed by atoms with Gasteiger partial charge in [0.1, 0.15) is 0 Å². The molecule has 0 heterocycles. The number of hydrogen-bond acceptors (Lipinski definition) is 4. The molecule has 1 aliphatic carbocycles. The van der Waals surface area contributed by atoms with Crippen LogP contribution in [0.25, 0.3) is 0 Å². The quantitative estimate of drug-likeness (QED) is 0.893. The molecule has 1 fully saturated rings. The van der Waals surface area contributed by atoms with Crippen molar-refractivity contribution in [2.24, 2.45) is 5.73 Å². The molecule has 1 aromatic rings. The number of amides is 2. The summed E-state index contributed by atoms with van der Waals surface area (Å²) >= 11 is 0. The lowest BCUT2D eigenvalue weighted by molar-refractivity contribution is -0.133. The van der Waals surface area contributed by atoms with Crippen LogP contribution in [-0.2, 0) is 16.1 Å². The molecule has 0 spiro atoms. The van der Waals surface area contributed by atoms with Crippen molar-refractivity contribution in [2.75, 3.05) is 12.4 Å². The highest BCUT2D eigenvalue weighted by molar-refractivity contribution is 5.84. The minimum atomic E-state index is -0.503. The number of hydrogen-bond donors (Lipinski definition) is 2. The number of carbonyl (C=O) groups is 2. The summed E-state index contributed by atoms with van der Waals surface area (Å²) < 4.78 is 4.55. The first-order valence-electron chi connectivity index (χ1n) is 7.98. The van der Waals surface area contributed by atoms with Crippen LogP contribution in [0, 0.1) is 0 Å². The summed E-state index contributed by atoms with van der Waals surface area (Å²) in [5.41, 5.74) is 7.87. The highest BCUT2D eigenvalue weighted by atomic mass is 16.5. The number of benzene rings is 1. The molecule has 23 heavy (non-hydrogen) atoms. The third-order valence-electron chi connectivity index (χ3n) is 4.33. The molecule has 0 bridgehead atoms. The molecule has 2 amide bonds. The number of carbonyl (C=O) groups excluding carboxylic acids is 2. The Morgan fingerprint density at radius 1 is 1.26 bits per heavy atom. The summed E-state index contributed by atoms with van der Waals surface area (Å²) in [6.07, 6.45) is 3.68. The Balaban J connectivity index is 2.05. The molecule has 6 heteroatoms.